The van der Waals surface area contributed by atoms with Gasteiger partial charge in [0.2, 0.25) is 0 Å². The molecule has 15 rings (SSSR count). The maximum atomic E-state index is 14.8. The van der Waals surface area contributed by atoms with Crippen LogP contribution < -0.4 is 0 Å². The molecule has 0 aliphatic carbocycles. The first-order chi connectivity index (χ1) is 28.5. The molecule has 0 saturated carbocycles. The highest BCUT2D eigenvalue weighted by molar-refractivity contribution is 5.93. The highest BCUT2D eigenvalue weighted by Crippen LogP contribution is 2.50. The average Bonchev–Trinajstić information content (AvgIpc) is 4.06. The minimum absolute atomic E-state index is 0.0109. The summed E-state index contributed by atoms with van der Waals surface area (Å²) >= 11 is 0. The molecule has 15 aliphatic heterocycles. The lowest BCUT2D eigenvalue weighted by Crippen LogP contribution is -2.63. The first-order valence-electron chi connectivity index (χ1n) is 19.6. The molecular weight excluding hydrogens is 784 g/mol. The van der Waals surface area contributed by atoms with E-state index in [4.69, 9.17) is 0 Å². The van der Waals surface area contributed by atoms with E-state index in [1.54, 1.807) is 19.6 Å². The van der Waals surface area contributed by atoms with E-state index in [-0.39, 0.29) is 73.4 Å². The Bertz CT molecular complexity index is 2140. The first-order valence-corrected chi connectivity index (χ1v) is 19.6. The number of rotatable bonds is 0. The zero-order valence-corrected chi connectivity index (χ0v) is 30.7. The number of carbonyl (C=O) groups is 9. The molecule has 29 nitrogen and oxygen atoms in total. The molecular formula is C30H32N20O9. The van der Waals surface area contributed by atoms with Crippen LogP contribution in [0, 0.1) is 0 Å². The van der Waals surface area contributed by atoms with Gasteiger partial charge in [-0.1, -0.05) is 0 Å². The van der Waals surface area contributed by atoms with Gasteiger partial charge in [0.15, 0.2) is 49.3 Å². The Morgan fingerprint density at radius 2 is 0.322 bits per heavy atom. The predicted octanol–water partition coefficient (Wildman–Crippen LogP) is -4.88. The molecule has 0 aromatic rings. The van der Waals surface area contributed by atoms with Gasteiger partial charge in [0.1, 0.15) is 65.7 Å². The van der Waals surface area contributed by atoms with Gasteiger partial charge >= 0.3 is 54.3 Å². The Labute approximate surface area is 330 Å². The van der Waals surface area contributed by atoms with Crippen LogP contribution in [-0.2, 0) is 0 Å². The van der Waals surface area contributed by atoms with E-state index < -0.39 is 116 Å². The Balaban J connectivity index is 0.949. The number of hydrogen-bond acceptors (Lipinski definition) is 11. The van der Waals surface area contributed by atoms with E-state index in [1.807, 2.05) is 9.80 Å². The largest absolute Gasteiger partial charge is 0.326 e. The second-order valence-corrected chi connectivity index (χ2v) is 17.9. The van der Waals surface area contributed by atoms with E-state index in [0.717, 1.165) is 0 Å². The van der Waals surface area contributed by atoms with Crippen LogP contribution in [0.4, 0.5) is 43.2 Å². The second-order valence-electron chi connectivity index (χ2n) is 17.9. The fraction of sp³-hybridized carbons (Fsp3) is 0.700. The van der Waals surface area contributed by atoms with Crippen molar-refractivity contribution in [2.75, 3.05) is 73.4 Å². The van der Waals surface area contributed by atoms with Crippen molar-refractivity contribution in [1.29, 1.82) is 0 Å². The van der Waals surface area contributed by atoms with Gasteiger partial charge in [-0.15, -0.1) is 0 Å². The van der Waals surface area contributed by atoms with E-state index in [0.29, 0.717) is 0 Å². The van der Waals surface area contributed by atoms with E-state index in [2.05, 4.69) is 0 Å². The minimum atomic E-state index is -1.03. The molecule has 15 saturated heterocycles. The van der Waals surface area contributed by atoms with Gasteiger partial charge in [-0.25, -0.2) is 53.0 Å². The summed E-state index contributed by atoms with van der Waals surface area (Å²) in [7, 11) is 0. The molecule has 0 N–H and O–H groups in total. The van der Waals surface area contributed by atoms with Crippen molar-refractivity contribution in [3.05, 3.63) is 0 Å². The standard InChI is InChI=1S/C30H32N20O9/c51-22-33-2-31-1-32-3-34-15-17-40(23(34)52)7-44-19-21-48(28(44)57)10-47-20-18-43(27(47)56)6-39(22)16-14(33)37-4-35-12(31)13(32)36(24(35)53)5-38(15)26(55)42(17)9-46(19)30(59)50(21)11-49(20)29(58)45(18)8-41(16)25(37)54/h12-21H,1-11H2/t12-,13+,14+,15-,16-,17+,18+,19-,20-,21+. The van der Waals surface area contributed by atoms with Crippen LogP contribution in [0.2, 0.25) is 0 Å². The highest BCUT2D eigenvalue weighted by Gasteiger charge is 2.74. The number of urea groups is 9. The smallest absolute Gasteiger partial charge is 0.287 e. The summed E-state index contributed by atoms with van der Waals surface area (Å²) in [5, 5.41) is 0. The lowest BCUT2D eigenvalue weighted by Gasteiger charge is -2.42. The van der Waals surface area contributed by atoms with Gasteiger partial charge in [0.25, 0.3) is 0 Å². The van der Waals surface area contributed by atoms with Gasteiger partial charge in [-0.05, 0) is 0 Å². The monoisotopic (exact) mass is 816 g/mol. The number of hydrogen-bond donors (Lipinski definition) is 0. The number of nitrogens with zero attached hydrogens (tertiary/aromatic N) is 20. The SMILES string of the molecule is O=C1N2CN3C(=O)N4CN5C(=O)N6CN7CN8CN9C(=O)N%10CN1[C@H]1[C@@H]2N2CN%11C(=O)N(CN%12C(=O)N(CN%13C(=O)N(CN%14C(=O)N(CN1C2=O)[C@H]%10[C@H]9%14)[C@H]8[C@H]7%13)[C@H]6[C@H]5%12)[C@H]4[C@H]3%11. The van der Waals surface area contributed by atoms with Crippen molar-refractivity contribution in [1.82, 2.24) is 98.0 Å². The zero-order chi connectivity index (χ0) is 39.3. The van der Waals surface area contributed by atoms with E-state index in [1.165, 1.54) is 68.6 Å². The second kappa shape index (κ2) is 8.84. The van der Waals surface area contributed by atoms with Gasteiger partial charge in [-0.3, -0.25) is 88.2 Å². The molecule has 0 spiro atoms. The Hall–Kier alpha value is -6.65. The molecule has 10 atom stereocenters. The fourth-order valence-corrected chi connectivity index (χ4v) is 13.5. The Kier molecular flexibility index (Phi) is 4.56. The summed E-state index contributed by atoms with van der Waals surface area (Å²) in [6, 6.07) is -4.60. The van der Waals surface area contributed by atoms with Crippen molar-refractivity contribution in [3.8, 4) is 0 Å². The van der Waals surface area contributed by atoms with Crippen LogP contribution in [0.1, 0.15) is 0 Å². The van der Waals surface area contributed by atoms with Crippen LogP contribution in [-0.4, -0.2) is 287 Å². The Morgan fingerprint density at radius 3 is 0.492 bits per heavy atom. The normalized spacial score (nSPS) is 41.4. The third-order valence-electron chi connectivity index (χ3n) is 15.7. The van der Waals surface area contributed by atoms with Crippen LogP contribution in [0.15, 0.2) is 0 Å². The van der Waals surface area contributed by atoms with Crippen molar-refractivity contribution in [2.45, 2.75) is 61.7 Å². The van der Waals surface area contributed by atoms with Gasteiger partial charge in [0.05, 0.1) is 20.0 Å². The van der Waals surface area contributed by atoms with Gasteiger partial charge in [0, 0.05) is 0 Å². The lowest BCUT2D eigenvalue weighted by atomic mass is 10.3. The Morgan fingerprint density at radius 1 is 0.186 bits per heavy atom. The third kappa shape index (κ3) is 2.85. The molecule has 15 heterocycles. The van der Waals surface area contributed by atoms with Crippen LogP contribution in [0.3, 0.4) is 0 Å². The quantitative estimate of drug-likeness (QED) is 0.226. The van der Waals surface area contributed by atoms with Gasteiger partial charge < -0.3 is 0 Å². The van der Waals surface area contributed by atoms with Crippen molar-refractivity contribution < 1.29 is 43.2 Å². The van der Waals surface area contributed by atoms with E-state index in [9.17, 15) is 43.2 Å². The third-order valence-corrected chi connectivity index (χ3v) is 15.7. The summed E-state index contributed by atoms with van der Waals surface area (Å²) in [4.78, 5) is 164. The van der Waals surface area contributed by atoms with Crippen LogP contribution >= 0.6 is 0 Å². The summed E-state index contributed by atoms with van der Waals surface area (Å²) in [6.07, 6.45) is -9.26. The molecule has 306 valence electrons. The molecule has 0 radical (unpaired) electrons. The summed E-state index contributed by atoms with van der Waals surface area (Å²) in [6.45, 7) is -2.09. The highest BCUT2D eigenvalue weighted by atomic mass is 16.2. The van der Waals surface area contributed by atoms with Gasteiger partial charge in [-0.2, -0.15) is 0 Å². The number of amides is 18. The summed E-state index contributed by atoms with van der Waals surface area (Å²) in [5.74, 6) is 0. The molecule has 59 heavy (non-hydrogen) atoms. The molecule has 29 heteroatoms. The fourth-order valence-electron chi connectivity index (χ4n) is 13.5. The van der Waals surface area contributed by atoms with E-state index >= 15 is 0 Å². The van der Waals surface area contributed by atoms with Crippen molar-refractivity contribution in [3.63, 3.8) is 0 Å². The lowest BCUT2D eigenvalue weighted by molar-refractivity contribution is -0.0249. The molecule has 0 bridgehead atoms. The number of carbonyl (C=O) groups excluding carboxylic acids is 9. The maximum Gasteiger partial charge on any atom is 0.326 e. The molecule has 15 aliphatic rings. The molecule has 0 aromatic heterocycles. The molecule has 0 unspecified atom stereocenters. The maximum absolute atomic E-state index is 14.8. The summed E-state index contributed by atoms with van der Waals surface area (Å²) in [5.41, 5.74) is 0. The van der Waals surface area contributed by atoms with Crippen molar-refractivity contribution >= 4 is 54.3 Å². The zero-order valence-electron chi connectivity index (χ0n) is 30.7. The van der Waals surface area contributed by atoms with Crippen LogP contribution in [0.25, 0.3) is 0 Å². The molecule has 0 aromatic carbocycles. The predicted molar refractivity (Wildman–Crippen MR) is 177 cm³/mol. The average molecular weight is 817 g/mol. The summed E-state index contributed by atoms with van der Waals surface area (Å²) < 4.78 is 0. The van der Waals surface area contributed by atoms with Crippen molar-refractivity contribution in [2.24, 2.45) is 0 Å². The van der Waals surface area contributed by atoms with Crippen LogP contribution in [0.5, 0.6) is 0 Å². The minimum Gasteiger partial charge on any atom is -0.287 e. The molecule has 18 amide bonds. The molecule has 15 fully saturated rings. The first kappa shape index (κ1) is 30.4. The topological polar surface area (TPSA) is 218 Å².